The Hall–Kier alpha value is -16.8. The molecule has 3 aromatic heterocycles. The van der Waals surface area contributed by atoms with Crippen LogP contribution < -0.4 is 0 Å². The van der Waals surface area contributed by atoms with Crippen molar-refractivity contribution in [2.45, 2.75) is 0 Å². The van der Waals surface area contributed by atoms with E-state index in [4.69, 9.17) is 49.4 Å². The molecule has 0 aliphatic rings. The molecule has 3 heterocycles. The van der Waals surface area contributed by atoms with Gasteiger partial charge in [0.25, 0.3) is 0 Å². The standard InChI is InChI=1S/C88H38N16/c1-95-65-32-61(47-91)84(62(33-65)48-92)56-21-26-80-70(38-56)71-39-58(86-63(49-93)34-66(96-2)42-77(86)99-5)22-27-81(71)103(80)68-19-13-18-54(36-68)69-37-55(75-44-74(52-14-9-7-10-15-52)101-88(102-75)53-16-11-8-12-17-53)20-25-79(69)104-82-28-23-57(85-60(46-90)30-51(45-89)31-76(85)98-4)40-72(82)73-41-59(24-29-83(73)104)87-64(50-94)35-67(97-3)43-78(87)100-6/h7-44H. The van der Waals surface area contributed by atoms with E-state index in [1.165, 1.54) is 48.5 Å². The van der Waals surface area contributed by atoms with Gasteiger partial charge in [-0.15, -0.1) is 0 Å². The minimum Gasteiger partial charge on any atom is -0.309 e. The van der Waals surface area contributed by atoms with Crippen LogP contribution in [0.4, 0.5) is 34.1 Å². The summed E-state index contributed by atoms with van der Waals surface area (Å²) in [5.74, 6) is 0.497. The summed E-state index contributed by atoms with van der Waals surface area (Å²) < 4.78 is 4.21. The minimum atomic E-state index is 0.102. The van der Waals surface area contributed by atoms with Crippen LogP contribution in [0.25, 0.3) is 174 Å². The average Bonchev–Trinajstić information content (AvgIpc) is 1.57. The number of nitrogens with zero attached hydrogens (tertiary/aromatic N) is 16. The highest BCUT2D eigenvalue weighted by atomic mass is 15.0. The fourth-order valence-electron chi connectivity index (χ4n) is 13.9. The van der Waals surface area contributed by atoms with Crippen molar-refractivity contribution in [3.05, 3.63) is 332 Å². The lowest BCUT2D eigenvalue weighted by molar-refractivity contribution is 1.16. The van der Waals surface area contributed by atoms with Gasteiger partial charge in [0.2, 0.25) is 0 Å². The molecule has 470 valence electrons. The van der Waals surface area contributed by atoms with Gasteiger partial charge in [0.05, 0.1) is 132 Å². The quantitative estimate of drug-likeness (QED) is 0.120. The summed E-state index contributed by atoms with van der Waals surface area (Å²) in [7, 11) is 0. The van der Waals surface area contributed by atoms with Gasteiger partial charge in [-0.1, -0.05) is 115 Å². The second-order valence-electron chi connectivity index (χ2n) is 24.0. The van der Waals surface area contributed by atoms with Crippen LogP contribution >= 0.6 is 0 Å². The molecule has 0 unspecified atom stereocenters. The SMILES string of the molecule is [C-]#[N+]c1cc(C#N)c(-c2ccc3c(c2)c2cc(-c4c(C#N)cc([N+]#[C-])cc4[N+]#[C-])ccc2n3-c2cccc(-c3cc(-c4cc(-c5ccccc5)nc(-c5ccccc5)n4)ccc3-n3c4ccc(-c5c(C#N)cc(C#N)cc5[N+]#[C-])cc4c4cc(-c5c(C#N)cc([N+]#[C-])cc5[N+]#[C-])ccc43)c2)c(C#N)c1. The van der Waals surface area contributed by atoms with Gasteiger partial charge >= 0.3 is 0 Å². The van der Waals surface area contributed by atoms with Crippen LogP contribution in [-0.4, -0.2) is 19.1 Å². The number of rotatable bonds is 10. The maximum absolute atomic E-state index is 10.6. The van der Waals surface area contributed by atoms with E-state index in [2.05, 4.69) is 86.8 Å². The Balaban J connectivity index is 1.02. The summed E-state index contributed by atoms with van der Waals surface area (Å²) in [6, 6.07) is 83.1. The second kappa shape index (κ2) is 26.0. The molecule has 0 N–H and O–H groups in total. The minimum absolute atomic E-state index is 0.102. The average molecular weight is 1320 g/mol. The van der Waals surface area contributed by atoms with Crippen LogP contribution in [0, 0.1) is 107 Å². The molecule has 0 radical (unpaired) electrons. The maximum atomic E-state index is 10.6. The third-order valence-corrected chi connectivity index (χ3v) is 18.4. The smallest absolute Gasteiger partial charge is 0.197 e. The summed E-state index contributed by atoms with van der Waals surface area (Å²) in [5, 5.41) is 65.7. The predicted molar refractivity (Wildman–Crippen MR) is 400 cm³/mol. The highest BCUT2D eigenvalue weighted by Gasteiger charge is 2.26. The van der Waals surface area contributed by atoms with Crippen molar-refractivity contribution in [1.29, 1.82) is 31.6 Å². The molecule has 0 aliphatic carbocycles. The Morgan fingerprint density at radius 3 is 1.13 bits per heavy atom. The molecule has 16 nitrogen and oxygen atoms in total. The molecule has 0 fully saturated rings. The number of aromatic nitrogens is 4. The van der Waals surface area contributed by atoms with Crippen molar-refractivity contribution >= 4 is 77.7 Å². The Bertz CT molecular complexity index is 6390. The van der Waals surface area contributed by atoms with E-state index in [0.29, 0.717) is 122 Å². The first-order valence-electron chi connectivity index (χ1n) is 31.8. The second-order valence-corrected chi connectivity index (χ2v) is 24.0. The molecule has 0 aliphatic heterocycles. The first-order valence-corrected chi connectivity index (χ1v) is 31.8. The topological polar surface area (TPSA) is 205 Å². The van der Waals surface area contributed by atoms with Crippen molar-refractivity contribution in [3.63, 3.8) is 0 Å². The van der Waals surface area contributed by atoms with Crippen LogP contribution in [0.3, 0.4) is 0 Å². The Morgan fingerprint density at radius 1 is 0.288 bits per heavy atom. The normalized spacial score (nSPS) is 10.6. The third kappa shape index (κ3) is 10.6. The van der Waals surface area contributed by atoms with Gasteiger partial charge in [0.15, 0.2) is 39.9 Å². The maximum Gasteiger partial charge on any atom is 0.197 e. The molecule has 15 aromatic rings. The Morgan fingerprint density at radius 2 is 0.683 bits per heavy atom. The zero-order valence-corrected chi connectivity index (χ0v) is 54.1. The molecule has 16 heteroatoms. The van der Waals surface area contributed by atoms with Crippen LogP contribution in [0.15, 0.2) is 231 Å². The van der Waals surface area contributed by atoms with E-state index in [0.717, 1.165) is 22.3 Å². The van der Waals surface area contributed by atoms with Crippen molar-refractivity contribution in [2.24, 2.45) is 0 Å². The van der Waals surface area contributed by atoms with E-state index in [-0.39, 0.29) is 67.5 Å². The molecule has 15 rings (SSSR count). The van der Waals surface area contributed by atoms with E-state index < -0.39 is 0 Å². The largest absolute Gasteiger partial charge is 0.309 e. The van der Waals surface area contributed by atoms with Gasteiger partial charge in [0, 0.05) is 88.4 Å². The number of fused-ring (bicyclic) bond motifs is 6. The molecule has 0 amide bonds. The number of nitriles is 6. The number of benzene rings is 12. The van der Waals surface area contributed by atoms with Crippen molar-refractivity contribution in [3.8, 4) is 137 Å². The van der Waals surface area contributed by atoms with Gasteiger partial charge in [-0.05, 0) is 143 Å². The molecule has 104 heavy (non-hydrogen) atoms. The van der Waals surface area contributed by atoms with Gasteiger partial charge in [-0.3, -0.25) is 0 Å². The monoisotopic (exact) mass is 1320 g/mol. The highest BCUT2D eigenvalue weighted by Crippen LogP contribution is 2.48. The molecular weight excluding hydrogens is 1280 g/mol. The van der Waals surface area contributed by atoms with Gasteiger partial charge in [0.1, 0.15) is 0 Å². The molecule has 0 saturated heterocycles. The highest BCUT2D eigenvalue weighted by molar-refractivity contribution is 6.15. The van der Waals surface area contributed by atoms with Gasteiger partial charge < -0.3 is 9.13 Å². The zero-order chi connectivity index (χ0) is 71.9. The van der Waals surface area contributed by atoms with E-state index in [1.807, 2.05) is 170 Å². The lowest BCUT2D eigenvalue weighted by atomic mass is 9.93. The van der Waals surface area contributed by atoms with Crippen LogP contribution in [-0.2, 0) is 0 Å². The van der Waals surface area contributed by atoms with E-state index in [9.17, 15) is 31.6 Å². The summed E-state index contributed by atoms with van der Waals surface area (Å²) in [5.41, 5.74) is 14.2. The van der Waals surface area contributed by atoms with E-state index >= 15 is 0 Å². The number of hydrogen-bond acceptors (Lipinski definition) is 8. The molecule has 12 aromatic carbocycles. The third-order valence-electron chi connectivity index (χ3n) is 18.4. The van der Waals surface area contributed by atoms with Gasteiger partial charge in [-0.25, -0.2) is 39.0 Å². The Kier molecular flexibility index (Phi) is 15.8. The fraction of sp³-hybridized carbons (Fsp3) is 0. The first kappa shape index (κ1) is 63.3. The first-order chi connectivity index (χ1) is 51.0. The fourth-order valence-corrected chi connectivity index (χ4v) is 13.9. The molecule has 0 bridgehead atoms. The summed E-state index contributed by atoms with van der Waals surface area (Å²) in [6.07, 6.45) is 0. The van der Waals surface area contributed by atoms with Crippen LogP contribution in [0.5, 0.6) is 0 Å². The lowest BCUT2D eigenvalue weighted by Gasteiger charge is -2.18. The lowest BCUT2D eigenvalue weighted by Crippen LogP contribution is -2.00. The van der Waals surface area contributed by atoms with Gasteiger partial charge in [-0.2, -0.15) is 31.6 Å². The molecule has 0 saturated carbocycles. The Labute approximate surface area is 594 Å². The summed E-state index contributed by atoms with van der Waals surface area (Å²) >= 11 is 0. The summed E-state index contributed by atoms with van der Waals surface area (Å²) in [4.78, 5) is 32.5. The zero-order valence-electron chi connectivity index (χ0n) is 54.1. The van der Waals surface area contributed by atoms with Crippen molar-refractivity contribution in [1.82, 2.24) is 19.1 Å². The van der Waals surface area contributed by atoms with Crippen molar-refractivity contribution < 1.29 is 0 Å². The number of hydrogen-bond donors (Lipinski definition) is 0. The molecule has 0 atom stereocenters. The summed E-state index contributed by atoms with van der Waals surface area (Å²) in [6.45, 7) is 48.1. The predicted octanol–water partition coefficient (Wildman–Crippen LogP) is 22.5. The van der Waals surface area contributed by atoms with E-state index in [1.54, 1.807) is 0 Å². The van der Waals surface area contributed by atoms with Crippen molar-refractivity contribution in [2.75, 3.05) is 0 Å². The van der Waals surface area contributed by atoms with Crippen LogP contribution in [0.1, 0.15) is 33.4 Å². The molecule has 0 spiro atoms. The van der Waals surface area contributed by atoms with Crippen LogP contribution in [0.2, 0.25) is 0 Å². The molecular formula is C88H38N16.